The quantitative estimate of drug-likeness (QED) is 0.707. The third-order valence-corrected chi connectivity index (χ3v) is 1.33. The molecule has 0 fully saturated rings. The van der Waals surface area contributed by atoms with E-state index in [1.54, 1.807) is 4.57 Å². The van der Waals surface area contributed by atoms with E-state index in [-0.39, 0.29) is 5.69 Å². The number of aryl methyl sites for hydroxylation is 1. The zero-order valence-electron chi connectivity index (χ0n) is 6.27. The topological polar surface area (TPSA) is 78.9 Å². The minimum Gasteiger partial charge on any atom is -0.476 e. The molecule has 0 unspecified atom stereocenters. The van der Waals surface area contributed by atoms with Crippen LogP contribution in [-0.2, 0) is 6.54 Å². The number of carbonyl (C=O) groups is 1. The molecule has 1 heterocycles. The maximum atomic E-state index is 10.3. The summed E-state index contributed by atoms with van der Waals surface area (Å²) in [7, 11) is 0. The van der Waals surface area contributed by atoms with Crippen LogP contribution in [0, 0.1) is 11.3 Å². The van der Waals surface area contributed by atoms with Gasteiger partial charge in [0.1, 0.15) is 0 Å². The Labute approximate surface area is 68.9 Å². The number of imidazole rings is 1. The van der Waals surface area contributed by atoms with Crippen molar-refractivity contribution >= 4 is 5.97 Å². The van der Waals surface area contributed by atoms with Gasteiger partial charge in [0.05, 0.1) is 18.8 Å². The Morgan fingerprint density at radius 1 is 1.83 bits per heavy atom. The molecule has 0 atom stereocenters. The lowest BCUT2D eigenvalue weighted by molar-refractivity contribution is 0.0691. The number of aromatic carboxylic acids is 1. The second kappa shape index (κ2) is 3.53. The summed E-state index contributed by atoms with van der Waals surface area (Å²) in [6.45, 7) is 0.483. The van der Waals surface area contributed by atoms with Gasteiger partial charge in [-0.15, -0.1) is 0 Å². The number of carboxylic acids is 1. The van der Waals surface area contributed by atoms with Gasteiger partial charge in [-0.1, -0.05) is 0 Å². The molecule has 0 spiro atoms. The van der Waals surface area contributed by atoms with Crippen molar-refractivity contribution in [1.29, 1.82) is 5.26 Å². The first-order valence-electron chi connectivity index (χ1n) is 3.36. The highest BCUT2D eigenvalue weighted by Gasteiger charge is 2.05. The predicted octanol–water partition coefficient (Wildman–Crippen LogP) is 0.495. The summed E-state index contributed by atoms with van der Waals surface area (Å²) in [5.74, 6) is -1.05. The summed E-state index contributed by atoms with van der Waals surface area (Å²) < 4.78 is 1.58. The van der Waals surface area contributed by atoms with E-state index in [4.69, 9.17) is 10.4 Å². The van der Waals surface area contributed by atoms with Gasteiger partial charge in [-0.05, 0) is 0 Å². The summed E-state index contributed by atoms with van der Waals surface area (Å²) in [6.07, 6.45) is 3.16. The van der Waals surface area contributed by atoms with Crippen LogP contribution in [0.25, 0.3) is 0 Å². The van der Waals surface area contributed by atoms with Crippen LogP contribution in [0.2, 0.25) is 0 Å². The van der Waals surface area contributed by atoms with E-state index in [0.29, 0.717) is 13.0 Å². The average Bonchev–Trinajstić information content (AvgIpc) is 2.48. The van der Waals surface area contributed by atoms with E-state index in [1.807, 2.05) is 6.07 Å². The van der Waals surface area contributed by atoms with Gasteiger partial charge in [-0.2, -0.15) is 5.26 Å². The number of hydrogen-bond donors (Lipinski definition) is 1. The lowest BCUT2D eigenvalue weighted by Gasteiger charge is -1.92. The molecule has 5 nitrogen and oxygen atoms in total. The molecule has 0 aliphatic carbocycles. The van der Waals surface area contributed by atoms with Crippen molar-refractivity contribution in [1.82, 2.24) is 9.55 Å². The molecule has 1 aromatic heterocycles. The van der Waals surface area contributed by atoms with Gasteiger partial charge in [0, 0.05) is 12.7 Å². The fraction of sp³-hybridized carbons (Fsp3) is 0.286. The van der Waals surface area contributed by atoms with Crippen LogP contribution < -0.4 is 0 Å². The first-order chi connectivity index (χ1) is 5.74. The normalized spacial score (nSPS) is 9.25. The molecule has 0 radical (unpaired) electrons. The number of rotatable bonds is 3. The van der Waals surface area contributed by atoms with Crippen LogP contribution in [0.4, 0.5) is 0 Å². The second-order valence-electron chi connectivity index (χ2n) is 2.21. The van der Waals surface area contributed by atoms with Crippen molar-refractivity contribution in [3.63, 3.8) is 0 Å². The Kier molecular flexibility index (Phi) is 2.43. The monoisotopic (exact) mass is 165 g/mol. The van der Waals surface area contributed by atoms with Crippen molar-refractivity contribution in [2.45, 2.75) is 13.0 Å². The molecule has 0 aliphatic heterocycles. The summed E-state index contributed by atoms with van der Waals surface area (Å²) in [4.78, 5) is 14.0. The maximum absolute atomic E-state index is 10.3. The third kappa shape index (κ3) is 1.83. The van der Waals surface area contributed by atoms with Crippen molar-refractivity contribution in [2.75, 3.05) is 0 Å². The molecule has 0 saturated carbocycles. The van der Waals surface area contributed by atoms with E-state index in [2.05, 4.69) is 4.98 Å². The molecule has 0 saturated heterocycles. The highest BCUT2D eigenvalue weighted by atomic mass is 16.4. The molecule has 1 aromatic rings. The third-order valence-electron chi connectivity index (χ3n) is 1.33. The van der Waals surface area contributed by atoms with Gasteiger partial charge in [-0.25, -0.2) is 9.78 Å². The van der Waals surface area contributed by atoms with Crippen molar-refractivity contribution in [2.24, 2.45) is 0 Å². The molecule has 5 heteroatoms. The van der Waals surface area contributed by atoms with Crippen molar-refractivity contribution in [3.05, 3.63) is 18.2 Å². The maximum Gasteiger partial charge on any atom is 0.356 e. The minimum atomic E-state index is -1.05. The van der Waals surface area contributed by atoms with Crippen LogP contribution in [0.1, 0.15) is 16.9 Å². The van der Waals surface area contributed by atoms with Gasteiger partial charge >= 0.3 is 5.97 Å². The summed E-state index contributed by atoms with van der Waals surface area (Å²) >= 11 is 0. The van der Waals surface area contributed by atoms with Crippen LogP contribution in [0.3, 0.4) is 0 Å². The van der Waals surface area contributed by atoms with E-state index in [9.17, 15) is 4.79 Å². The van der Waals surface area contributed by atoms with Crippen LogP contribution in [0.15, 0.2) is 12.5 Å². The second-order valence-corrected chi connectivity index (χ2v) is 2.21. The highest BCUT2D eigenvalue weighted by Crippen LogP contribution is 1.96. The van der Waals surface area contributed by atoms with E-state index >= 15 is 0 Å². The Hall–Kier alpha value is -1.83. The Morgan fingerprint density at radius 2 is 2.58 bits per heavy atom. The van der Waals surface area contributed by atoms with E-state index in [1.165, 1.54) is 12.5 Å². The first kappa shape index (κ1) is 8.27. The Morgan fingerprint density at radius 3 is 3.08 bits per heavy atom. The van der Waals surface area contributed by atoms with Crippen molar-refractivity contribution in [3.8, 4) is 6.07 Å². The van der Waals surface area contributed by atoms with Crippen molar-refractivity contribution < 1.29 is 9.90 Å². The lowest BCUT2D eigenvalue weighted by atomic mass is 10.4. The molecule has 0 bridgehead atoms. The van der Waals surface area contributed by atoms with Crippen LogP contribution >= 0.6 is 0 Å². The van der Waals surface area contributed by atoms with Gasteiger partial charge < -0.3 is 9.67 Å². The SMILES string of the molecule is N#CCCn1cnc(C(=O)O)c1. The smallest absolute Gasteiger partial charge is 0.356 e. The summed E-state index contributed by atoms with van der Waals surface area (Å²) in [5, 5.41) is 16.7. The fourth-order valence-electron chi connectivity index (χ4n) is 0.772. The zero-order chi connectivity index (χ0) is 8.97. The van der Waals surface area contributed by atoms with E-state index < -0.39 is 5.97 Å². The highest BCUT2D eigenvalue weighted by molar-refractivity contribution is 5.84. The van der Waals surface area contributed by atoms with Gasteiger partial charge in [-0.3, -0.25) is 0 Å². The minimum absolute atomic E-state index is 0.00735. The van der Waals surface area contributed by atoms with Gasteiger partial charge in [0.2, 0.25) is 0 Å². The fourth-order valence-corrected chi connectivity index (χ4v) is 0.772. The summed E-state index contributed by atoms with van der Waals surface area (Å²) in [6, 6.07) is 1.96. The molecule has 12 heavy (non-hydrogen) atoms. The van der Waals surface area contributed by atoms with Gasteiger partial charge in [0.15, 0.2) is 5.69 Å². The van der Waals surface area contributed by atoms with Crippen LogP contribution in [-0.4, -0.2) is 20.6 Å². The molecule has 0 aromatic carbocycles. The predicted molar refractivity (Wildman–Crippen MR) is 39.4 cm³/mol. The Bertz CT molecular complexity index is 324. The number of aromatic nitrogens is 2. The Balaban J connectivity index is 2.66. The summed E-state index contributed by atoms with van der Waals surface area (Å²) in [5.41, 5.74) is 0.00735. The number of hydrogen-bond acceptors (Lipinski definition) is 3. The zero-order valence-corrected chi connectivity index (χ0v) is 6.27. The molecule has 1 rings (SSSR count). The molecular formula is C7H7N3O2. The molecule has 0 amide bonds. The lowest BCUT2D eigenvalue weighted by Crippen LogP contribution is -1.96. The standard InChI is InChI=1S/C7H7N3O2/c8-2-1-3-10-4-6(7(11)12)9-5-10/h4-5H,1,3H2,(H,11,12). The molecule has 62 valence electrons. The van der Waals surface area contributed by atoms with E-state index in [0.717, 1.165) is 0 Å². The number of nitriles is 1. The van der Waals surface area contributed by atoms with Gasteiger partial charge in [0.25, 0.3) is 0 Å². The first-order valence-corrected chi connectivity index (χ1v) is 3.36. The number of nitrogens with zero attached hydrogens (tertiary/aromatic N) is 3. The average molecular weight is 165 g/mol. The molecular weight excluding hydrogens is 158 g/mol. The molecule has 0 aliphatic rings. The molecule has 1 N–H and O–H groups in total. The van der Waals surface area contributed by atoms with Crippen LogP contribution in [0.5, 0.6) is 0 Å². The number of carboxylic acid groups (broad SMARTS) is 1. The largest absolute Gasteiger partial charge is 0.476 e.